The highest BCUT2D eigenvalue weighted by atomic mass is 16.5. The van der Waals surface area contributed by atoms with Gasteiger partial charge < -0.3 is 10.5 Å². The third-order valence-electron chi connectivity index (χ3n) is 4.96. The topological polar surface area (TPSA) is 52.3 Å². The maximum Gasteiger partial charge on any atom is 0.155 e. The lowest BCUT2D eigenvalue weighted by Crippen LogP contribution is -2.52. The fraction of sp³-hybridized carbons (Fsp3) is 0.938. The first-order valence-corrected chi connectivity index (χ1v) is 7.96. The van der Waals surface area contributed by atoms with Gasteiger partial charge in [0.15, 0.2) is 5.78 Å². The van der Waals surface area contributed by atoms with E-state index in [2.05, 4.69) is 6.92 Å². The molecule has 110 valence electrons. The van der Waals surface area contributed by atoms with Crippen molar-refractivity contribution in [2.45, 2.75) is 82.8 Å². The highest BCUT2D eigenvalue weighted by Gasteiger charge is 2.43. The third kappa shape index (κ3) is 3.38. The predicted octanol–water partition coefficient (Wildman–Crippen LogP) is 3.20. The Hall–Kier alpha value is -0.410. The highest BCUT2D eigenvalue weighted by Crippen LogP contribution is 2.41. The number of carbonyl (C=O) groups is 1. The number of carbonyl (C=O) groups excluding carboxylic acids is 1. The van der Waals surface area contributed by atoms with Crippen molar-refractivity contribution in [3.05, 3.63) is 0 Å². The van der Waals surface area contributed by atoms with Crippen LogP contribution in [-0.2, 0) is 9.53 Å². The first kappa shape index (κ1) is 15.0. The van der Waals surface area contributed by atoms with Crippen LogP contribution in [-0.4, -0.2) is 23.5 Å². The van der Waals surface area contributed by atoms with Gasteiger partial charge in [0.05, 0.1) is 11.1 Å². The predicted molar refractivity (Wildman–Crippen MR) is 77.0 cm³/mol. The smallest absolute Gasteiger partial charge is 0.155 e. The Kier molecular flexibility index (Phi) is 4.67. The highest BCUT2D eigenvalue weighted by molar-refractivity contribution is 5.90. The monoisotopic (exact) mass is 267 g/mol. The zero-order valence-electron chi connectivity index (χ0n) is 12.5. The van der Waals surface area contributed by atoms with E-state index in [-0.39, 0.29) is 17.3 Å². The quantitative estimate of drug-likeness (QED) is 0.851. The molecule has 2 rings (SSSR count). The molecule has 1 saturated heterocycles. The summed E-state index contributed by atoms with van der Waals surface area (Å²) in [6.07, 6.45) is 9.58. The van der Waals surface area contributed by atoms with Crippen molar-refractivity contribution < 1.29 is 9.53 Å². The van der Waals surface area contributed by atoms with Gasteiger partial charge in [-0.05, 0) is 39.0 Å². The van der Waals surface area contributed by atoms with Crippen molar-refractivity contribution in [3.63, 3.8) is 0 Å². The van der Waals surface area contributed by atoms with Crippen molar-refractivity contribution in [1.29, 1.82) is 0 Å². The summed E-state index contributed by atoms with van der Waals surface area (Å²) in [5.41, 5.74) is 5.58. The van der Waals surface area contributed by atoms with Gasteiger partial charge in [0.25, 0.3) is 0 Å². The average molecular weight is 267 g/mol. The molecule has 0 aromatic heterocycles. The number of rotatable bonds is 4. The summed E-state index contributed by atoms with van der Waals surface area (Å²) >= 11 is 0. The fourth-order valence-electron chi connectivity index (χ4n) is 3.90. The molecular formula is C16H29NO2. The molecule has 3 nitrogen and oxygen atoms in total. The van der Waals surface area contributed by atoms with Gasteiger partial charge in [-0.3, -0.25) is 4.79 Å². The van der Waals surface area contributed by atoms with E-state index < -0.39 is 5.54 Å². The summed E-state index contributed by atoms with van der Waals surface area (Å²) < 4.78 is 6.07. The number of hydrogen-bond donors (Lipinski definition) is 1. The first-order valence-electron chi connectivity index (χ1n) is 7.96. The standard InChI is InChI=1S/C16H29NO2/c1-3-8-15(2,17)14(18)13-7-11-19-16(12-13)9-5-4-6-10-16/h13H,3-12,17H2,1-2H3. The lowest BCUT2D eigenvalue weighted by Gasteiger charge is -2.44. The molecule has 1 spiro atoms. The molecular weight excluding hydrogens is 238 g/mol. The van der Waals surface area contributed by atoms with Crippen molar-refractivity contribution in [3.8, 4) is 0 Å². The molecule has 0 amide bonds. The van der Waals surface area contributed by atoms with Gasteiger partial charge in [-0.15, -0.1) is 0 Å². The van der Waals surface area contributed by atoms with Crippen LogP contribution in [0.5, 0.6) is 0 Å². The molecule has 0 radical (unpaired) electrons. The van der Waals surface area contributed by atoms with Gasteiger partial charge >= 0.3 is 0 Å². The number of hydrogen-bond acceptors (Lipinski definition) is 3. The molecule has 2 N–H and O–H groups in total. The maximum absolute atomic E-state index is 12.7. The Balaban J connectivity index is 2.02. The second kappa shape index (κ2) is 5.92. The van der Waals surface area contributed by atoms with Crippen LogP contribution in [0.1, 0.15) is 71.6 Å². The molecule has 1 aliphatic heterocycles. The molecule has 0 bridgehead atoms. The first-order chi connectivity index (χ1) is 8.99. The van der Waals surface area contributed by atoms with Crippen LogP contribution in [0.15, 0.2) is 0 Å². The molecule has 0 aromatic rings. The number of ketones is 1. The van der Waals surface area contributed by atoms with E-state index in [1.807, 2.05) is 6.92 Å². The second-order valence-electron chi connectivity index (χ2n) is 6.81. The Morgan fingerprint density at radius 2 is 2.05 bits per heavy atom. The number of ether oxygens (including phenoxy) is 1. The van der Waals surface area contributed by atoms with Gasteiger partial charge in [-0.25, -0.2) is 0 Å². The zero-order valence-corrected chi connectivity index (χ0v) is 12.5. The third-order valence-corrected chi connectivity index (χ3v) is 4.96. The molecule has 0 aromatic carbocycles. The molecule has 1 heterocycles. The van der Waals surface area contributed by atoms with Crippen molar-refractivity contribution >= 4 is 5.78 Å². The molecule has 2 atom stereocenters. The van der Waals surface area contributed by atoms with Gasteiger partial charge in [0.1, 0.15) is 0 Å². The lowest BCUT2D eigenvalue weighted by atomic mass is 9.72. The Morgan fingerprint density at radius 3 is 2.68 bits per heavy atom. The summed E-state index contributed by atoms with van der Waals surface area (Å²) in [5.74, 6) is 0.385. The molecule has 2 fully saturated rings. The number of Topliss-reactive ketones (excluding diaryl/α,β-unsaturated/α-hetero) is 1. The minimum atomic E-state index is -0.646. The van der Waals surface area contributed by atoms with Crippen LogP contribution in [0.25, 0.3) is 0 Å². The van der Waals surface area contributed by atoms with Crippen LogP contribution in [0.4, 0.5) is 0 Å². The van der Waals surface area contributed by atoms with Crippen LogP contribution < -0.4 is 5.73 Å². The largest absolute Gasteiger partial charge is 0.375 e. The van der Waals surface area contributed by atoms with Crippen molar-refractivity contribution in [2.24, 2.45) is 11.7 Å². The van der Waals surface area contributed by atoms with E-state index in [9.17, 15) is 4.79 Å². The van der Waals surface area contributed by atoms with Gasteiger partial charge in [0.2, 0.25) is 0 Å². The summed E-state index contributed by atoms with van der Waals surface area (Å²) in [6, 6.07) is 0. The van der Waals surface area contributed by atoms with Gasteiger partial charge in [0, 0.05) is 12.5 Å². The fourth-order valence-corrected chi connectivity index (χ4v) is 3.90. The molecule has 19 heavy (non-hydrogen) atoms. The maximum atomic E-state index is 12.7. The normalized spacial score (nSPS) is 29.9. The van der Waals surface area contributed by atoms with E-state index in [0.29, 0.717) is 0 Å². The van der Waals surface area contributed by atoms with E-state index in [1.54, 1.807) is 0 Å². The second-order valence-corrected chi connectivity index (χ2v) is 6.81. The van der Waals surface area contributed by atoms with E-state index in [4.69, 9.17) is 10.5 Å². The SMILES string of the molecule is CCCC(C)(N)C(=O)C1CCOC2(CCCCC2)C1. The zero-order chi connectivity index (χ0) is 13.9. The van der Waals surface area contributed by atoms with E-state index >= 15 is 0 Å². The summed E-state index contributed by atoms with van der Waals surface area (Å²) in [4.78, 5) is 12.7. The lowest BCUT2D eigenvalue weighted by molar-refractivity contribution is -0.146. The van der Waals surface area contributed by atoms with Crippen LogP contribution in [0, 0.1) is 5.92 Å². The molecule has 3 heteroatoms. The Morgan fingerprint density at radius 1 is 1.37 bits per heavy atom. The van der Waals surface area contributed by atoms with Gasteiger partial charge in [-0.1, -0.05) is 32.6 Å². The minimum Gasteiger partial charge on any atom is -0.375 e. The van der Waals surface area contributed by atoms with E-state index in [1.165, 1.54) is 19.3 Å². The summed E-state index contributed by atoms with van der Waals surface area (Å²) in [7, 11) is 0. The Bertz CT molecular complexity index is 313. The minimum absolute atomic E-state index is 0.000872. The van der Waals surface area contributed by atoms with Gasteiger partial charge in [-0.2, -0.15) is 0 Å². The van der Waals surface area contributed by atoms with Crippen molar-refractivity contribution in [1.82, 2.24) is 0 Å². The van der Waals surface area contributed by atoms with Crippen LogP contribution in [0.2, 0.25) is 0 Å². The molecule has 1 aliphatic carbocycles. The molecule has 2 aliphatic rings. The number of nitrogens with two attached hydrogens (primary N) is 1. The van der Waals surface area contributed by atoms with Crippen LogP contribution in [0.3, 0.4) is 0 Å². The average Bonchev–Trinajstić information content (AvgIpc) is 2.39. The van der Waals surface area contributed by atoms with Crippen molar-refractivity contribution in [2.75, 3.05) is 6.61 Å². The summed E-state index contributed by atoms with van der Waals surface area (Å²) in [5, 5.41) is 0. The Labute approximate surface area is 117 Å². The van der Waals surface area contributed by atoms with E-state index in [0.717, 1.165) is 45.1 Å². The molecule has 1 saturated carbocycles. The molecule has 2 unspecified atom stereocenters. The van der Waals surface area contributed by atoms with Crippen LogP contribution >= 0.6 is 0 Å². The summed E-state index contributed by atoms with van der Waals surface area (Å²) in [6.45, 7) is 4.73.